The number of carbonyl (C=O) groups is 2. The summed E-state index contributed by atoms with van der Waals surface area (Å²) in [5.74, 6) is -0.105. The molecule has 0 aliphatic carbocycles. The fraction of sp³-hybridized carbons (Fsp3) is 0.333. The van der Waals surface area contributed by atoms with Gasteiger partial charge in [0, 0.05) is 23.0 Å². The van der Waals surface area contributed by atoms with E-state index < -0.39 is 0 Å². The normalized spacial score (nSPS) is 9.94. The second kappa shape index (κ2) is 5.80. The minimum absolute atomic E-state index is 0.0280. The van der Waals surface area contributed by atoms with Gasteiger partial charge in [-0.05, 0) is 31.5 Å². The predicted molar refractivity (Wildman–Crippen MR) is 67.4 cm³/mol. The van der Waals surface area contributed by atoms with Crippen LogP contribution >= 0.6 is 15.9 Å². The Morgan fingerprint density at radius 1 is 1.31 bits per heavy atom. The molecule has 1 amide bonds. The van der Waals surface area contributed by atoms with Crippen molar-refractivity contribution in [3.05, 3.63) is 28.2 Å². The van der Waals surface area contributed by atoms with Crippen LogP contribution in [-0.2, 0) is 9.59 Å². The van der Waals surface area contributed by atoms with Crippen molar-refractivity contribution in [2.75, 3.05) is 5.32 Å². The minimum Gasteiger partial charge on any atom is -0.326 e. The van der Waals surface area contributed by atoms with Crippen molar-refractivity contribution < 1.29 is 9.59 Å². The highest BCUT2D eigenvalue weighted by atomic mass is 79.9. The topological polar surface area (TPSA) is 46.2 Å². The van der Waals surface area contributed by atoms with E-state index in [1.807, 2.05) is 25.1 Å². The first-order valence-corrected chi connectivity index (χ1v) is 5.84. The largest absolute Gasteiger partial charge is 0.326 e. The SMILES string of the molecule is CC(=O)CCC(=O)Nc1ccc(C)c(Br)c1. The average Bonchev–Trinajstić information content (AvgIpc) is 2.21. The van der Waals surface area contributed by atoms with Crippen molar-refractivity contribution in [2.24, 2.45) is 0 Å². The summed E-state index contributed by atoms with van der Waals surface area (Å²) in [5.41, 5.74) is 1.85. The van der Waals surface area contributed by atoms with Crippen LogP contribution in [0.3, 0.4) is 0 Å². The number of anilines is 1. The molecule has 1 rings (SSSR count). The number of carbonyl (C=O) groups excluding carboxylic acids is 2. The van der Waals surface area contributed by atoms with E-state index in [-0.39, 0.29) is 18.1 Å². The van der Waals surface area contributed by atoms with E-state index in [0.717, 1.165) is 15.7 Å². The Balaban J connectivity index is 2.56. The highest BCUT2D eigenvalue weighted by Gasteiger charge is 2.05. The molecule has 0 radical (unpaired) electrons. The number of aryl methyl sites for hydroxylation is 1. The number of halogens is 1. The zero-order valence-electron chi connectivity index (χ0n) is 9.34. The van der Waals surface area contributed by atoms with Gasteiger partial charge < -0.3 is 10.1 Å². The van der Waals surface area contributed by atoms with Gasteiger partial charge in [0.25, 0.3) is 0 Å². The molecule has 0 aliphatic heterocycles. The first-order chi connectivity index (χ1) is 7.49. The number of hydrogen-bond acceptors (Lipinski definition) is 2. The average molecular weight is 284 g/mol. The highest BCUT2D eigenvalue weighted by molar-refractivity contribution is 9.10. The molecule has 3 nitrogen and oxygen atoms in total. The van der Waals surface area contributed by atoms with Crippen molar-refractivity contribution >= 4 is 33.3 Å². The lowest BCUT2D eigenvalue weighted by Gasteiger charge is -2.06. The van der Waals surface area contributed by atoms with E-state index in [2.05, 4.69) is 21.2 Å². The molecule has 86 valence electrons. The second-order valence-electron chi connectivity index (χ2n) is 3.71. The molecule has 0 heterocycles. The maximum atomic E-state index is 11.4. The van der Waals surface area contributed by atoms with Crippen LogP contribution in [0.2, 0.25) is 0 Å². The van der Waals surface area contributed by atoms with E-state index in [1.165, 1.54) is 6.92 Å². The number of benzene rings is 1. The number of amides is 1. The predicted octanol–water partition coefficient (Wildman–Crippen LogP) is 3.07. The maximum Gasteiger partial charge on any atom is 0.224 e. The van der Waals surface area contributed by atoms with Crippen LogP contribution in [0.4, 0.5) is 5.69 Å². The summed E-state index contributed by atoms with van der Waals surface area (Å²) in [4.78, 5) is 22.1. The zero-order chi connectivity index (χ0) is 12.1. The first-order valence-electron chi connectivity index (χ1n) is 5.04. The lowest BCUT2D eigenvalue weighted by atomic mass is 10.2. The van der Waals surface area contributed by atoms with E-state index in [1.54, 1.807) is 0 Å². The van der Waals surface area contributed by atoms with E-state index in [0.29, 0.717) is 6.42 Å². The molecule has 0 aromatic heterocycles. The lowest BCUT2D eigenvalue weighted by Crippen LogP contribution is -2.12. The first kappa shape index (κ1) is 12.9. The molecule has 16 heavy (non-hydrogen) atoms. The summed E-state index contributed by atoms with van der Waals surface area (Å²) in [6.45, 7) is 3.46. The Labute approximate surface area is 103 Å². The van der Waals surface area contributed by atoms with Crippen LogP contribution in [0.15, 0.2) is 22.7 Å². The number of nitrogens with one attached hydrogen (secondary N) is 1. The molecule has 0 atom stereocenters. The van der Waals surface area contributed by atoms with Crippen molar-refractivity contribution in [3.63, 3.8) is 0 Å². The highest BCUT2D eigenvalue weighted by Crippen LogP contribution is 2.20. The van der Waals surface area contributed by atoms with Crippen molar-refractivity contribution in [1.29, 1.82) is 0 Å². The summed E-state index contributed by atoms with van der Waals surface area (Å²) in [7, 11) is 0. The van der Waals surface area contributed by atoms with Crippen molar-refractivity contribution in [1.82, 2.24) is 0 Å². The second-order valence-corrected chi connectivity index (χ2v) is 4.57. The van der Waals surface area contributed by atoms with Crippen LogP contribution < -0.4 is 5.32 Å². The smallest absolute Gasteiger partial charge is 0.224 e. The van der Waals surface area contributed by atoms with E-state index >= 15 is 0 Å². The summed E-state index contributed by atoms with van der Waals surface area (Å²) in [5, 5.41) is 2.74. The van der Waals surface area contributed by atoms with Gasteiger partial charge in [0.1, 0.15) is 5.78 Å². The van der Waals surface area contributed by atoms with Gasteiger partial charge in [-0.15, -0.1) is 0 Å². The van der Waals surface area contributed by atoms with E-state index in [9.17, 15) is 9.59 Å². The number of Topliss-reactive ketones (excluding diaryl/α,β-unsaturated/α-hetero) is 1. The zero-order valence-corrected chi connectivity index (χ0v) is 10.9. The molecule has 4 heteroatoms. The van der Waals surface area contributed by atoms with Crippen LogP contribution in [0.25, 0.3) is 0 Å². The van der Waals surface area contributed by atoms with Gasteiger partial charge in [-0.25, -0.2) is 0 Å². The molecule has 1 aromatic carbocycles. The van der Waals surface area contributed by atoms with Gasteiger partial charge >= 0.3 is 0 Å². The van der Waals surface area contributed by atoms with Crippen LogP contribution in [0.5, 0.6) is 0 Å². The Bertz CT molecular complexity index is 415. The molecule has 1 aromatic rings. The molecule has 0 spiro atoms. The molecule has 0 bridgehead atoms. The van der Waals surface area contributed by atoms with Crippen LogP contribution in [0, 0.1) is 6.92 Å². The Hall–Kier alpha value is -1.16. The monoisotopic (exact) mass is 283 g/mol. The third-order valence-corrected chi connectivity index (χ3v) is 3.01. The molecular formula is C12H14BrNO2. The standard InChI is InChI=1S/C12H14BrNO2/c1-8-3-5-10(7-11(8)13)14-12(16)6-4-9(2)15/h3,5,7H,4,6H2,1-2H3,(H,14,16). The third-order valence-electron chi connectivity index (χ3n) is 2.16. The van der Waals surface area contributed by atoms with E-state index in [4.69, 9.17) is 0 Å². The summed E-state index contributed by atoms with van der Waals surface area (Å²) in [6.07, 6.45) is 0.527. The Morgan fingerprint density at radius 2 is 2.00 bits per heavy atom. The molecule has 0 saturated carbocycles. The van der Waals surface area contributed by atoms with Crippen LogP contribution in [0.1, 0.15) is 25.3 Å². The van der Waals surface area contributed by atoms with Crippen LogP contribution in [-0.4, -0.2) is 11.7 Å². The Kier molecular flexibility index (Phi) is 4.68. The third kappa shape index (κ3) is 4.14. The summed E-state index contributed by atoms with van der Waals surface area (Å²) in [6, 6.07) is 5.61. The Morgan fingerprint density at radius 3 is 2.56 bits per heavy atom. The molecule has 0 saturated heterocycles. The molecule has 0 unspecified atom stereocenters. The van der Waals surface area contributed by atoms with Gasteiger partial charge in [0.05, 0.1) is 0 Å². The molecule has 1 N–H and O–H groups in total. The quantitative estimate of drug-likeness (QED) is 0.923. The van der Waals surface area contributed by atoms with Gasteiger partial charge in [0.2, 0.25) is 5.91 Å². The number of rotatable bonds is 4. The van der Waals surface area contributed by atoms with Crippen molar-refractivity contribution in [3.8, 4) is 0 Å². The molecule has 0 fully saturated rings. The maximum absolute atomic E-state index is 11.4. The number of hydrogen-bond donors (Lipinski definition) is 1. The van der Waals surface area contributed by atoms with Crippen molar-refractivity contribution in [2.45, 2.75) is 26.7 Å². The van der Waals surface area contributed by atoms with Gasteiger partial charge in [-0.2, -0.15) is 0 Å². The van der Waals surface area contributed by atoms with Gasteiger partial charge in [0.15, 0.2) is 0 Å². The molecular weight excluding hydrogens is 270 g/mol. The van der Waals surface area contributed by atoms with Gasteiger partial charge in [-0.1, -0.05) is 22.0 Å². The summed E-state index contributed by atoms with van der Waals surface area (Å²) >= 11 is 3.39. The van der Waals surface area contributed by atoms with Gasteiger partial charge in [-0.3, -0.25) is 4.79 Å². The minimum atomic E-state index is -0.133. The fourth-order valence-electron chi connectivity index (χ4n) is 1.18. The summed E-state index contributed by atoms with van der Waals surface area (Å²) < 4.78 is 0.955. The molecule has 0 aliphatic rings. The lowest BCUT2D eigenvalue weighted by molar-refractivity contribution is -0.121. The number of ketones is 1. The fourth-order valence-corrected chi connectivity index (χ4v) is 1.56.